The fourth-order valence-electron chi connectivity index (χ4n) is 4.85. The summed E-state index contributed by atoms with van der Waals surface area (Å²) < 4.78 is 5.52. The first kappa shape index (κ1) is 21.2. The van der Waals surface area contributed by atoms with Gasteiger partial charge in [-0.1, -0.05) is 25.1 Å². The van der Waals surface area contributed by atoms with E-state index in [-0.39, 0.29) is 18.0 Å². The van der Waals surface area contributed by atoms with Crippen molar-refractivity contribution in [3.63, 3.8) is 0 Å². The van der Waals surface area contributed by atoms with Crippen molar-refractivity contribution in [1.82, 2.24) is 4.90 Å². The summed E-state index contributed by atoms with van der Waals surface area (Å²) in [4.78, 5) is 29.5. The summed E-state index contributed by atoms with van der Waals surface area (Å²) in [7, 11) is 1.65. The van der Waals surface area contributed by atoms with Gasteiger partial charge in [0.2, 0.25) is 5.91 Å². The number of benzene rings is 2. The number of urea groups is 1. The van der Waals surface area contributed by atoms with Gasteiger partial charge in [0.1, 0.15) is 5.75 Å². The molecule has 0 aromatic heterocycles. The Morgan fingerprint density at radius 3 is 2.48 bits per heavy atom. The molecule has 0 unspecified atom stereocenters. The first-order valence-corrected chi connectivity index (χ1v) is 10.9. The highest BCUT2D eigenvalue weighted by Gasteiger charge is 2.42. The number of hydrogen-bond acceptors (Lipinski definition) is 3. The first-order valence-electron chi connectivity index (χ1n) is 10.9. The lowest BCUT2D eigenvalue weighted by atomic mass is 9.73. The van der Waals surface area contributed by atoms with Crippen LogP contribution in [0.5, 0.6) is 5.75 Å². The molecular formula is C25H31N3O3. The van der Waals surface area contributed by atoms with E-state index in [1.807, 2.05) is 49.1 Å². The summed E-state index contributed by atoms with van der Waals surface area (Å²) >= 11 is 0. The van der Waals surface area contributed by atoms with Crippen LogP contribution < -0.4 is 15.4 Å². The molecule has 0 bridgehead atoms. The molecule has 2 aliphatic rings. The van der Waals surface area contributed by atoms with Gasteiger partial charge in [0.05, 0.1) is 25.0 Å². The van der Waals surface area contributed by atoms with Crippen LogP contribution >= 0.6 is 0 Å². The number of fused-ring (bicyclic) bond motifs is 1. The minimum atomic E-state index is -0.479. The molecule has 1 saturated carbocycles. The molecule has 1 fully saturated rings. The highest BCUT2D eigenvalue weighted by Crippen LogP contribution is 2.43. The van der Waals surface area contributed by atoms with Gasteiger partial charge in [-0.15, -0.1) is 0 Å². The minimum Gasteiger partial charge on any atom is -0.496 e. The number of anilines is 2. The topological polar surface area (TPSA) is 75.9 Å². The predicted molar refractivity (Wildman–Crippen MR) is 122 cm³/mol. The van der Waals surface area contributed by atoms with Crippen LogP contribution in [0.15, 0.2) is 36.4 Å². The number of amides is 3. The van der Waals surface area contributed by atoms with E-state index in [0.717, 1.165) is 46.7 Å². The maximum Gasteiger partial charge on any atom is 0.329 e. The van der Waals surface area contributed by atoms with Crippen molar-refractivity contribution in [2.24, 2.45) is 11.1 Å². The summed E-state index contributed by atoms with van der Waals surface area (Å²) in [6, 6.07) is 12.0. The van der Waals surface area contributed by atoms with E-state index in [9.17, 15) is 9.59 Å². The molecule has 31 heavy (non-hydrogen) atoms. The third-order valence-corrected chi connectivity index (χ3v) is 7.14. The van der Waals surface area contributed by atoms with E-state index in [2.05, 4.69) is 13.0 Å². The van der Waals surface area contributed by atoms with Crippen LogP contribution in [-0.4, -0.2) is 30.0 Å². The number of primary amides is 1. The van der Waals surface area contributed by atoms with Crippen LogP contribution in [0.3, 0.4) is 0 Å². The Morgan fingerprint density at radius 2 is 1.84 bits per heavy atom. The summed E-state index contributed by atoms with van der Waals surface area (Å²) in [6.07, 6.45) is 2.96. The lowest BCUT2D eigenvalue weighted by Crippen LogP contribution is -2.52. The molecule has 1 aliphatic carbocycles. The number of rotatable bonds is 4. The van der Waals surface area contributed by atoms with E-state index in [0.29, 0.717) is 19.4 Å². The fourth-order valence-corrected chi connectivity index (χ4v) is 4.85. The van der Waals surface area contributed by atoms with Crippen molar-refractivity contribution in [3.05, 3.63) is 53.1 Å². The molecule has 0 saturated heterocycles. The Kier molecular flexibility index (Phi) is 5.42. The normalized spacial score (nSPS) is 23.5. The van der Waals surface area contributed by atoms with E-state index < -0.39 is 5.41 Å². The third kappa shape index (κ3) is 3.64. The standard InChI is InChI=1S/C25H31N3O3/c1-16-6-5-7-21-20(16)15-27(18-10-12-25(3,13-11-18)23(26)29)24(30)28(21)19-9-8-17(2)22(14-19)31-4/h5-9,14,18H,10-13,15H2,1-4H3,(H2,26,29). The second-order valence-corrected chi connectivity index (χ2v) is 9.13. The summed E-state index contributed by atoms with van der Waals surface area (Å²) in [5.41, 5.74) is 10.2. The Morgan fingerprint density at radius 1 is 1.13 bits per heavy atom. The Bertz CT molecular complexity index is 1020. The van der Waals surface area contributed by atoms with E-state index in [4.69, 9.17) is 10.5 Å². The maximum absolute atomic E-state index is 13.8. The number of nitrogens with zero attached hydrogens (tertiary/aromatic N) is 2. The number of ether oxygens (including phenoxy) is 1. The molecule has 6 heteroatoms. The van der Waals surface area contributed by atoms with Crippen LogP contribution in [0.2, 0.25) is 0 Å². The smallest absolute Gasteiger partial charge is 0.329 e. The lowest BCUT2D eigenvalue weighted by Gasteiger charge is -2.45. The Hall–Kier alpha value is -3.02. The summed E-state index contributed by atoms with van der Waals surface area (Å²) in [5, 5.41) is 0. The molecule has 6 nitrogen and oxygen atoms in total. The van der Waals surface area contributed by atoms with Gasteiger partial charge in [-0.2, -0.15) is 0 Å². The SMILES string of the molecule is COc1cc(N2C(=O)N(C3CCC(C)(C(N)=O)CC3)Cc3c(C)cccc32)ccc1C. The largest absolute Gasteiger partial charge is 0.496 e. The second kappa shape index (κ2) is 7.91. The quantitative estimate of drug-likeness (QED) is 0.769. The molecule has 2 aromatic rings. The average molecular weight is 422 g/mol. The lowest BCUT2D eigenvalue weighted by molar-refractivity contribution is -0.129. The van der Waals surface area contributed by atoms with Gasteiger partial charge in [0.15, 0.2) is 0 Å². The van der Waals surface area contributed by atoms with Crippen molar-refractivity contribution < 1.29 is 14.3 Å². The van der Waals surface area contributed by atoms with E-state index >= 15 is 0 Å². The number of carbonyl (C=O) groups excluding carboxylic acids is 2. The van der Waals surface area contributed by atoms with Crippen molar-refractivity contribution >= 4 is 23.3 Å². The van der Waals surface area contributed by atoms with Gasteiger partial charge >= 0.3 is 6.03 Å². The number of hydrogen-bond donors (Lipinski definition) is 1. The highest BCUT2D eigenvalue weighted by atomic mass is 16.5. The molecular weight excluding hydrogens is 390 g/mol. The van der Waals surface area contributed by atoms with E-state index in [1.165, 1.54) is 0 Å². The van der Waals surface area contributed by atoms with Gasteiger partial charge in [0.25, 0.3) is 0 Å². The molecule has 164 valence electrons. The Balaban J connectivity index is 1.72. The van der Waals surface area contributed by atoms with Crippen molar-refractivity contribution in [1.29, 1.82) is 0 Å². The second-order valence-electron chi connectivity index (χ2n) is 9.13. The van der Waals surface area contributed by atoms with Gasteiger partial charge in [0, 0.05) is 17.5 Å². The maximum atomic E-state index is 13.8. The minimum absolute atomic E-state index is 0.0308. The van der Waals surface area contributed by atoms with Crippen molar-refractivity contribution in [3.8, 4) is 5.75 Å². The predicted octanol–water partition coefficient (Wildman–Crippen LogP) is 4.82. The zero-order chi connectivity index (χ0) is 22.3. The Labute approximate surface area is 184 Å². The van der Waals surface area contributed by atoms with Crippen molar-refractivity contribution in [2.75, 3.05) is 12.0 Å². The third-order valence-electron chi connectivity index (χ3n) is 7.14. The molecule has 1 heterocycles. The number of carbonyl (C=O) groups is 2. The first-order chi connectivity index (χ1) is 14.7. The van der Waals surface area contributed by atoms with Crippen LogP contribution in [0.1, 0.15) is 49.3 Å². The van der Waals surface area contributed by atoms with Gasteiger partial charge in [-0.25, -0.2) is 4.79 Å². The fraction of sp³-hybridized carbons (Fsp3) is 0.440. The average Bonchev–Trinajstić information content (AvgIpc) is 2.75. The summed E-state index contributed by atoms with van der Waals surface area (Å²) in [6.45, 7) is 6.60. The van der Waals surface area contributed by atoms with Crippen LogP contribution in [0, 0.1) is 19.3 Å². The molecule has 1 aliphatic heterocycles. The summed E-state index contributed by atoms with van der Waals surface area (Å²) in [5.74, 6) is 0.511. The molecule has 0 atom stereocenters. The van der Waals surface area contributed by atoms with E-state index in [1.54, 1.807) is 12.0 Å². The molecule has 3 amide bonds. The molecule has 2 N–H and O–H groups in total. The van der Waals surface area contributed by atoms with Crippen LogP contribution in [0.25, 0.3) is 0 Å². The van der Waals surface area contributed by atoms with Crippen LogP contribution in [0.4, 0.5) is 16.2 Å². The molecule has 0 spiro atoms. The number of nitrogens with two attached hydrogens (primary N) is 1. The number of aryl methyl sites for hydroxylation is 2. The monoisotopic (exact) mass is 421 g/mol. The van der Waals surface area contributed by atoms with Gasteiger partial charge in [-0.3, -0.25) is 9.69 Å². The van der Waals surface area contributed by atoms with Crippen LogP contribution in [-0.2, 0) is 11.3 Å². The molecule has 2 aromatic carbocycles. The number of methoxy groups -OCH3 is 1. The zero-order valence-corrected chi connectivity index (χ0v) is 18.8. The zero-order valence-electron chi connectivity index (χ0n) is 18.8. The highest BCUT2D eigenvalue weighted by molar-refractivity contribution is 6.02. The van der Waals surface area contributed by atoms with Crippen molar-refractivity contribution in [2.45, 2.75) is 59.0 Å². The molecule has 4 rings (SSSR count). The van der Waals surface area contributed by atoms with Gasteiger partial charge in [-0.05, 0) is 68.4 Å². The van der Waals surface area contributed by atoms with Gasteiger partial charge < -0.3 is 15.4 Å². The molecule has 0 radical (unpaired) electrons.